The van der Waals surface area contributed by atoms with Gasteiger partial charge in [0.25, 0.3) is 0 Å². The van der Waals surface area contributed by atoms with Gasteiger partial charge in [-0.1, -0.05) is 26.7 Å². The van der Waals surface area contributed by atoms with Gasteiger partial charge in [0.15, 0.2) is 0 Å². The molecule has 0 amide bonds. The molecule has 2 heterocycles. The third-order valence-electron chi connectivity index (χ3n) is 7.84. The summed E-state index contributed by atoms with van der Waals surface area (Å²) in [7, 11) is -0.166. The van der Waals surface area contributed by atoms with Gasteiger partial charge < -0.3 is 25.5 Å². The molecule has 0 aromatic heterocycles. The number of rotatable bonds is 5. The van der Waals surface area contributed by atoms with Crippen LogP contribution in [0.1, 0.15) is 46.5 Å². The minimum absolute atomic E-state index is 0. The number of carboxylic acid groups (broad SMARTS) is 1. The summed E-state index contributed by atoms with van der Waals surface area (Å²) < 4.78 is 12.6. The van der Waals surface area contributed by atoms with Gasteiger partial charge in [-0.25, -0.2) is 0 Å². The second kappa shape index (κ2) is 6.78. The number of carboxylic acids is 1. The Kier molecular flexibility index (Phi) is 5.40. The summed E-state index contributed by atoms with van der Waals surface area (Å²) in [5.41, 5.74) is 5.06. The number of hydrogen-bond donors (Lipinski definition) is 2. The normalized spacial score (nSPS) is 45.6. The Morgan fingerprint density at radius 2 is 2.08 bits per heavy atom. The van der Waals surface area contributed by atoms with Crippen LogP contribution in [0.3, 0.4) is 0 Å². The summed E-state index contributed by atoms with van der Waals surface area (Å²) in [6.45, 7) is 7.72. The van der Waals surface area contributed by atoms with Crippen LogP contribution in [-0.2, 0) is 32.7 Å². The third-order valence-corrected chi connectivity index (χ3v) is 7.84. The van der Waals surface area contributed by atoms with Crippen LogP contribution in [0, 0.1) is 23.2 Å². The molecule has 5 fully saturated rings. The molecular weight excluding hydrogens is 370 g/mol. The Morgan fingerprint density at radius 3 is 2.73 bits per heavy atom. The first kappa shape index (κ1) is 20.7. The molecule has 8 heteroatoms. The van der Waals surface area contributed by atoms with Gasteiger partial charge in [0.2, 0.25) is 0 Å². The van der Waals surface area contributed by atoms with Crippen LogP contribution in [0.2, 0.25) is 6.32 Å². The van der Waals surface area contributed by atoms with Crippen molar-refractivity contribution in [1.82, 2.24) is 0 Å². The molecule has 6 nitrogen and oxygen atoms in total. The van der Waals surface area contributed by atoms with Crippen molar-refractivity contribution in [3.63, 3.8) is 0 Å². The monoisotopic (exact) mass is 400 g/mol. The van der Waals surface area contributed by atoms with Crippen LogP contribution in [0.25, 0.3) is 5.32 Å². The predicted molar refractivity (Wildman–Crippen MR) is 95.3 cm³/mol. The van der Waals surface area contributed by atoms with Crippen molar-refractivity contribution in [3.8, 4) is 0 Å². The van der Waals surface area contributed by atoms with E-state index in [9.17, 15) is 9.90 Å². The van der Waals surface area contributed by atoms with Gasteiger partial charge in [-0.3, -0.25) is 4.79 Å². The van der Waals surface area contributed by atoms with Crippen LogP contribution >= 0.6 is 0 Å². The SMILES string of the molecule is CC1(C)[C@H]2C[C@@H]3OB(CCCC4C[N-]CC4(N)C(=O)O)O[C@]3(C)[C@@H]1C2.[V]. The standard InChI is InChI=1S/C18H30BN2O4.V/c1-16(2)12-7-13(16)17(3)14(8-12)24-19(25-17)6-4-5-11-9-21-10-18(11,20)15(22)23;/h11-14H,4-10,20H2,1-3H3,(H,22,23);/q-1;/t11?,12-,13-,14+,17-,18?;/m1./s1. The number of carbonyl (C=O) groups is 1. The molecule has 2 saturated heterocycles. The van der Waals surface area contributed by atoms with E-state index in [0.717, 1.165) is 31.5 Å². The quantitative estimate of drug-likeness (QED) is 0.691. The van der Waals surface area contributed by atoms with Crippen molar-refractivity contribution in [2.24, 2.45) is 28.9 Å². The van der Waals surface area contributed by atoms with Crippen LogP contribution in [0.15, 0.2) is 0 Å². The molecule has 5 rings (SSSR count). The Balaban J connectivity index is 0.00000196. The summed E-state index contributed by atoms with van der Waals surface area (Å²) in [4.78, 5) is 11.4. The molecule has 3 aliphatic carbocycles. The van der Waals surface area contributed by atoms with Crippen molar-refractivity contribution >= 4 is 13.1 Å². The number of hydrogen-bond acceptors (Lipinski definition) is 4. The molecular formula is C18H30BN2O4V-. The fourth-order valence-corrected chi connectivity index (χ4v) is 5.89. The van der Waals surface area contributed by atoms with E-state index < -0.39 is 11.5 Å². The molecule has 0 aromatic rings. The van der Waals surface area contributed by atoms with Crippen molar-refractivity contribution in [3.05, 3.63) is 5.32 Å². The summed E-state index contributed by atoms with van der Waals surface area (Å²) >= 11 is 0. The van der Waals surface area contributed by atoms with Crippen molar-refractivity contribution in [2.75, 3.05) is 13.1 Å². The molecule has 6 atom stereocenters. The molecule has 2 bridgehead atoms. The number of nitrogens with zero attached hydrogens (tertiary/aromatic N) is 1. The van der Waals surface area contributed by atoms with Gasteiger partial charge >= 0.3 is 13.1 Å². The van der Waals surface area contributed by atoms with E-state index in [1.165, 1.54) is 6.42 Å². The first-order chi connectivity index (χ1) is 11.7. The fourth-order valence-electron chi connectivity index (χ4n) is 5.89. The van der Waals surface area contributed by atoms with E-state index in [1.807, 2.05) is 0 Å². The largest absolute Gasteiger partial charge is 0.660 e. The molecule has 5 aliphatic rings. The number of nitrogens with two attached hydrogens (primary N) is 1. The molecule has 3 saturated carbocycles. The van der Waals surface area contributed by atoms with Gasteiger partial charge in [0.1, 0.15) is 0 Å². The molecule has 0 spiro atoms. The molecule has 145 valence electrons. The van der Waals surface area contributed by atoms with Gasteiger partial charge in [-0.15, -0.1) is 13.1 Å². The molecule has 26 heavy (non-hydrogen) atoms. The van der Waals surface area contributed by atoms with Crippen LogP contribution in [-0.4, -0.2) is 48.5 Å². The molecule has 1 radical (unpaired) electrons. The van der Waals surface area contributed by atoms with E-state index in [0.29, 0.717) is 17.9 Å². The minimum atomic E-state index is -1.19. The maximum atomic E-state index is 11.4. The average molecular weight is 400 g/mol. The van der Waals surface area contributed by atoms with Crippen molar-refractivity contribution < 1.29 is 37.8 Å². The first-order valence-electron chi connectivity index (χ1n) is 9.66. The van der Waals surface area contributed by atoms with Gasteiger partial charge in [-0.05, 0) is 49.3 Å². The fraction of sp³-hybridized carbons (Fsp3) is 0.944. The van der Waals surface area contributed by atoms with E-state index >= 15 is 0 Å². The van der Waals surface area contributed by atoms with E-state index in [1.54, 1.807) is 0 Å². The van der Waals surface area contributed by atoms with E-state index in [-0.39, 0.29) is 49.8 Å². The van der Waals surface area contributed by atoms with Crippen molar-refractivity contribution in [2.45, 2.75) is 70.0 Å². The zero-order chi connectivity index (χ0) is 18.0. The second-order valence-electron chi connectivity index (χ2n) is 9.44. The average Bonchev–Trinajstić information content (AvgIpc) is 3.07. The Morgan fingerprint density at radius 1 is 1.35 bits per heavy atom. The second-order valence-corrected chi connectivity index (χ2v) is 9.44. The van der Waals surface area contributed by atoms with Gasteiger partial charge in [0, 0.05) is 18.6 Å². The van der Waals surface area contributed by atoms with Crippen molar-refractivity contribution in [1.29, 1.82) is 0 Å². The van der Waals surface area contributed by atoms with E-state index in [4.69, 9.17) is 15.0 Å². The maximum absolute atomic E-state index is 11.4. The Hall–Kier alpha value is -0.0406. The van der Waals surface area contributed by atoms with Gasteiger partial charge in [-0.2, -0.15) is 0 Å². The Bertz CT molecular complexity index is 579. The minimum Gasteiger partial charge on any atom is -0.660 e. The molecule has 0 aromatic carbocycles. The first-order valence-corrected chi connectivity index (χ1v) is 9.66. The zero-order valence-corrected chi connectivity index (χ0v) is 17.4. The topological polar surface area (TPSA) is 95.9 Å². The van der Waals surface area contributed by atoms with Crippen LogP contribution in [0.5, 0.6) is 0 Å². The molecule has 3 N–H and O–H groups in total. The zero-order valence-electron chi connectivity index (χ0n) is 16.0. The van der Waals surface area contributed by atoms with E-state index in [2.05, 4.69) is 26.1 Å². The third kappa shape index (κ3) is 2.90. The number of aliphatic carboxylic acids is 1. The maximum Gasteiger partial charge on any atom is 0.457 e. The Labute approximate surface area is 168 Å². The van der Waals surface area contributed by atoms with Crippen LogP contribution in [0.4, 0.5) is 0 Å². The summed E-state index contributed by atoms with van der Waals surface area (Å²) in [5.74, 6) is 0.307. The van der Waals surface area contributed by atoms with Gasteiger partial charge in [0.05, 0.1) is 17.2 Å². The molecule has 2 unspecified atom stereocenters. The van der Waals surface area contributed by atoms with Crippen LogP contribution < -0.4 is 5.73 Å². The summed E-state index contributed by atoms with van der Waals surface area (Å²) in [5, 5.41) is 13.6. The molecule has 2 aliphatic heterocycles. The predicted octanol–water partition coefficient (Wildman–Crippen LogP) is 2.28. The summed E-state index contributed by atoms with van der Waals surface area (Å²) in [6, 6.07) is 0. The smallest absolute Gasteiger partial charge is 0.457 e. The summed E-state index contributed by atoms with van der Waals surface area (Å²) in [6.07, 6.45) is 4.99.